The smallest absolute Gasteiger partial charge is 0.319 e. The largest absolute Gasteiger partial charge is 0.376 e. The van der Waals surface area contributed by atoms with E-state index >= 15 is 0 Å². The minimum absolute atomic E-state index is 0.345. The molecule has 9 heteroatoms. The Morgan fingerprint density at radius 2 is 2.33 bits per heavy atom. The first-order valence-electron chi connectivity index (χ1n) is 7.68. The Morgan fingerprint density at radius 3 is 3.08 bits per heavy atom. The molecule has 0 spiro atoms. The number of aryl methyl sites for hydroxylation is 1. The number of carbonyl (C=O) groups excluding carboxylic acids is 2. The maximum atomic E-state index is 12.0. The molecular formula is C15H19N5O3S. The minimum Gasteiger partial charge on any atom is -0.376 e. The quantitative estimate of drug-likeness (QED) is 0.683. The number of imidazole rings is 1. The third-order valence-electron chi connectivity index (χ3n) is 3.73. The Labute approximate surface area is 143 Å². The monoisotopic (exact) mass is 349 g/mol. The molecule has 1 aliphatic rings. The molecule has 3 amide bonds. The van der Waals surface area contributed by atoms with Gasteiger partial charge in [0.25, 0.3) is 5.91 Å². The molecule has 4 N–H and O–H groups in total. The van der Waals surface area contributed by atoms with Crippen LogP contribution in [0.1, 0.15) is 27.2 Å². The molecule has 0 radical (unpaired) electrons. The summed E-state index contributed by atoms with van der Waals surface area (Å²) in [5.41, 5.74) is 6.79. The fourth-order valence-corrected chi connectivity index (χ4v) is 3.80. The predicted molar refractivity (Wildman–Crippen MR) is 90.1 cm³/mol. The fraction of sp³-hybridized carbons (Fsp3) is 0.400. The van der Waals surface area contributed by atoms with Gasteiger partial charge in [0.2, 0.25) is 0 Å². The van der Waals surface area contributed by atoms with Crippen LogP contribution in [0.2, 0.25) is 0 Å². The summed E-state index contributed by atoms with van der Waals surface area (Å²) >= 11 is 1.35. The molecule has 2 aromatic rings. The number of fused-ring (bicyclic) bond motifs is 1. The first kappa shape index (κ1) is 16.5. The Balaban J connectivity index is 1.56. The molecule has 24 heavy (non-hydrogen) atoms. The summed E-state index contributed by atoms with van der Waals surface area (Å²) in [4.78, 5) is 28.7. The number of nitrogens with zero attached hydrogens (tertiary/aromatic N) is 2. The lowest BCUT2D eigenvalue weighted by molar-refractivity contribution is 0.0991. The molecule has 3 heterocycles. The van der Waals surface area contributed by atoms with Gasteiger partial charge in [-0.15, -0.1) is 11.3 Å². The standard InChI is InChI=1S/C15H19N5O3S/c16-13(21)12-10-2-7-23-8-11(10)24-14(12)19-15(22)18-3-1-5-20-6-4-17-9-20/h4,6,9H,1-3,5,7-8H2,(H2,16,21)(H2,18,19,22). The van der Waals surface area contributed by atoms with E-state index in [9.17, 15) is 9.59 Å². The van der Waals surface area contributed by atoms with Crippen molar-refractivity contribution in [1.29, 1.82) is 0 Å². The maximum Gasteiger partial charge on any atom is 0.319 e. The Bertz CT molecular complexity index is 726. The van der Waals surface area contributed by atoms with Crippen molar-refractivity contribution in [2.45, 2.75) is 26.0 Å². The molecule has 3 rings (SSSR count). The first-order chi connectivity index (χ1) is 11.6. The van der Waals surface area contributed by atoms with Gasteiger partial charge >= 0.3 is 6.03 Å². The average molecular weight is 349 g/mol. The molecule has 128 valence electrons. The van der Waals surface area contributed by atoms with Crippen LogP contribution in [0.15, 0.2) is 18.7 Å². The van der Waals surface area contributed by atoms with Gasteiger partial charge in [0, 0.05) is 30.4 Å². The van der Waals surface area contributed by atoms with Crippen LogP contribution < -0.4 is 16.4 Å². The molecule has 0 unspecified atom stereocenters. The number of hydrogen-bond acceptors (Lipinski definition) is 5. The third kappa shape index (κ3) is 3.74. The number of hydrogen-bond donors (Lipinski definition) is 3. The number of anilines is 1. The Hall–Kier alpha value is -2.39. The highest BCUT2D eigenvalue weighted by molar-refractivity contribution is 7.17. The summed E-state index contributed by atoms with van der Waals surface area (Å²) in [6.45, 7) is 2.31. The van der Waals surface area contributed by atoms with E-state index in [-0.39, 0.29) is 6.03 Å². The van der Waals surface area contributed by atoms with Gasteiger partial charge in [-0.2, -0.15) is 0 Å². The van der Waals surface area contributed by atoms with Crippen LogP contribution in [0.4, 0.5) is 9.80 Å². The lowest BCUT2D eigenvalue weighted by Crippen LogP contribution is -2.30. The van der Waals surface area contributed by atoms with E-state index < -0.39 is 5.91 Å². The van der Waals surface area contributed by atoms with Crippen LogP contribution in [0.25, 0.3) is 0 Å². The van der Waals surface area contributed by atoms with Gasteiger partial charge in [-0.05, 0) is 18.4 Å². The normalized spacial score (nSPS) is 13.3. The highest BCUT2D eigenvalue weighted by Gasteiger charge is 2.25. The number of ether oxygens (including phenoxy) is 1. The fourth-order valence-electron chi connectivity index (χ4n) is 2.61. The van der Waals surface area contributed by atoms with Crippen molar-refractivity contribution in [1.82, 2.24) is 14.9 Å². The van der Waals surface area contributed by atoms with E-state index in [4.69, 9.17) is 10.5 Å². The Kier molecular flexibility index (Phi) is 5.11. The van der Waals surface area contributed by atoms with Gasteiger partial charge in [-0.3, -0.25) is 10.1 Å². The number of primary amides is 1. The van der Waals surface area contributed by atoms with Crippen molar-refractivity contribution in [2.24, 2.45) is 5.73 Å². The molecular weight excluding hydrogens is 330 g/mol. The van der Waals surface area contributed by atoms with Gasteiger partial charge in [-0.25, -0.2) is 9.78 Å². The van der Waals surface area contributed by atoms with Crippen LogP contribution in [-0.2, 0) is 24.3 Å². The molecule has 8 nitrogen and oxygen atoms in total. The third-order valence-corrected chi connectivity index (χ3v) is 4.85. The SMILES string of the molecule is NC(=O)c1c(NC(=O)NCCCn2ccnc2)sc2c1CCOC2. The van der Waals surface area contributed by atoms with Crippen LogP contribution in [0.3, 0.4) is 0 Å². The highest BCUT2D eigenvalue weighted by atomic mass is 32.1. The second kappa shape index (κ2) is 7.45. The average Bonchev–Trinajstić information content (AvgIpc) is 3.18. The van der Waals surface area contributed by atoms with Crippen LogP contribution in [-0.4, -0.2) is 34.6 Å². The second-order valence-corrected chi connectivity index (χ2v) is 6.51. The zero-order valence-electron chi connectivity index (χ0n) is 13.1. The zero-order valence-corrected chi connectivity index (χ0v) is 13.9. The van der Waals surface area contributed by atoms with E-state index in [1.54, 1.807) is 12.5 Å². The van der Waals surface area contributed by atoms with E-state index in [1.165, 1.54) is 11.3 Å². The molecule has 0 fully saturated rings. The number of nitrogens with two attached hydrogens (primary N) is 1. The summed E-state index contributed by atoms with van der Waals surface area (Å²) in [7, 11) is 0. The lowest BCUT2D eigenvalue weighted by atomic mass is 10.1. The number of nitrogens with one attached hydrogen (secondary N) is 2. The van der Waals surface area contributed by atoms with E-state index in [1.807, 2.05) is 10.8 Å². The van der Waals surface area contributed by atoms with Gasteiger partial charge < -0.3 is 20.4 Å². The molecule has 0 saturated carbocycles. The lowest BCUT2D eigenvalue weighted by Gasteiger charge is -2.12. The zero-order chi connectivity index (χ0) is 16.9. The van der Waals surface area contributed by atoms with E-state index in [0.29, 0.717) is 36.7 Å². The van der Waals surface area contributed by atoms with Crippen molar-refractivity contribution in [3.63, 3.8) is 0 Å². The molecule has 0 bridgehead atoms. The van der Waals surface area contributed by atoms with E-state index in [2.05, 4.69) is 15.6 Å². The van der Waals surface area contributed by atoms with Gasteiger partial charge in [0.1, 0.15) is 5.00 Å². The molecule has 2 aromatic heterocycles. The van der Waals surface area contributed by atoms with Crippen LogP contribution in [0, 0.1) is 0 Å². The van der Waals surface area contributed by atoms with E-state index in [0.717, 1.165) is 23.4 Å². The second-order valence-electron chi connectivity index (χ2n) is 5.41. The first-order valence-corrected chi connectivity index (χ1v) is 8.49. The number of carbonyl (C=O) groups is 2. The number of thiophene rings is 1. The number of urea groups is 1. The van der Waals surface area contributed by atoms with Crippen molar-refractivity contribution < 1.29 is 14.3 Å². The van der Waals surface area contributed by atoms with Crippen LogP contribution >= 0.6 is 11.3 Å². The summed E-state index contributed by atoms with van der Waals surface area (Å²) in [5, 5.41) is 6.01. The van der Waals surface area contributed by atoms with Crippen molar-refractivity contribution >= 4 is 28.3 Å². The Morgan fingerprint density at radius 1 is 1.46 bits per heavy atom. The molecule has 0 aromatic carbocycles. The maximum absolute atomic E-state index is 12.0. The van der Waals surface area contributed by atoms with Gasteiger partial charge in [0.05, 0.1) is 25.1 Å². The molecule has 0 aliphatic carbocycles. The number of rotatable bonds is 6. The van der Waals surface area contributed by atoms with Crippen molar-refractivity contribution in [2.75, 3.05) is 18.5 Å². The predicted octanol–water partition coefficient (Wildman–Crippen LogP) is 1.33. The number of amides is 3. The highest BCUT2D eigenvalue weighted by Crippen LogP contribution is 2.36. The topological polar surface area (TPSA) is 111 Å². The molecule has 0 saturated heterocycles. The summed E-state index contributed by atoms with van der Waals surface area (Å²) in [6, 6.07) is -0.345. The number of aromatic nitrogens is 2. The van der Waals surface area contributed by atoms with Gasteiger partial charge in [-0.1, -0.05) is 0 Å². The van der Waals surface area contributed by atoms with Crippen molar-refractivity contribution in [3.8, 4) is 0 Å². The van der Waals surface area contributed by atoms with Crippen LogP contribution in [0.5, 0.6) is 0 Å². The summed E-state index contributed by atoms with van der Waals surface area (Å²) < 4.78 is 7.33. The molecule has 0 atom stereocenters. The summed E-state index contributed by atoms with van der Waals surface area (Å²) in [5.74, 6) is -0.523. The summed E-state index contributed by atoms with van der Waals surface area (Å²) in [6.07, 6.45) is 6.74. The van der Waals surface area contributed by atoms with Gasteiger partial charge in [0.15, 0.2) is 0 Å². The minimum atomic E-state index is -0.523. The van der Waals surface area contributed by atoms with Crippen molar-refractivity contribution in [3.05, 3.63) is 34.7 Å². The molecule has 1 aliphatic heterocycles.